The van der Waals surface area contributed by atoms with Gasteiger partial charge >= 0.3 is 0 Å². The van der Waals surface area contributed by atoms with E-state index < -0.39 is 0 Å². The molecule has 2 rings (SSSR count). The van der Waals surface area contributed by atoms with Gasteiger partial charge in [-0.2, -0.15) is 0 Å². The van der Waals surface area contributed by atoms with Crippen LogP contribution in [0.5, 0.6) is 0 Å². The van der Waals surface area contributed by atoms with Crippen LogP contribution in [0.25, 0.3) is 5.82 Å². The van der Waals surface area contributed by atoms with E-state index in [-0.39, 0.29) is 11.7 Å². The molecule has 0 bridgehead atoms. The highest BCUT2D eigenvalue weighted by Gasteiger charge is 2.10. The molecule has 0 unspecified atom stereocenters. The van der Waals surface area contributed by atoms with Crippen LogP contribution in [0.4, 0.5) is 0 Å². The first-order valence-corrected chi connectivity index (χ1v) is 4.45. The summed E-state index contributed by atoms with van der Waals surface area (Å²) in [5, 5.41) is 15.5. The molecular formula is C7H6ClN7O. The molecule has 0 saturated carbocycles. The molecule has 0 aliphatic rings. The van der Waals surface area contributed by atoms with E-state index in [1.165, 1.54) is 23.5 Å². The summed E-state index contributed by atoms with van der Waals surface area (Å²) < 4.78 is 1.30. The number of rotatable bonds is 2. The number of oxime groups is 1. The molecule has 82 valence electrons. The van der Waals surface area contributed by atoms with E-state index in [0.717, 1.165) is 0 Å². The summed E-state index contributed by atoms with van der Waals surface area (Å²) in [6.45, 7) is 0. The van der Waals surface area contributed by atoms with Gasteiger partial charge in [-0.25, -0.2) is 19.6 Å². The molecule has 0 aromatic carbocycles. The third-order valence-electron chi connectivity index (χ3n) is 1.69. The minimum atomic E-state index is -0.191. The summed E-state index contributed by atoms with van der Waals surface area (Å²) in [6.07, 6.45) is 4.10. The molecule has 3 N–H and O–H groups in total. The van der Waals surface area contributed by atoms with Gasteiger partial charge in [-0.1, -0.05) is 16.8 Å². The maximum Gasteiger partial charge on any atom is 0.220 e. The van der Waals surface area contributed by atoms with Gasteiger partial charge in [0, 0.05) is 0 Å². The smallest absolute Gasteiger partial charge is 0.220 e. The molecule has 0 radical (unpaired) electrons. The van der Waals surface area contributed by atoms with Crippen molar-refractivity contribution < 1.29 is 5.21 Å². The van der Waals surface area contributed by atoms with Crippen LogP contribution in [0.1, 0.15) is 5.82 Å². The van der Waals surface area contributed by atoms with E-state index >= 15 is 0 Å². The Hall–Kier alpha value is -2.22. The number of halogens is 1. The maximum absolute atomic E-state index is 8.44. The van der Waals surface area contributed by atoms with E-state index in [9.17, 15) is 0 Å². The fraction of sp³-hybridized carbons (Fsp3) is 0. The number of hydrogen-bond acceptors (Lipinski definition) is 6. The predicted octanol–water partition coefficient (Wildman–Crippen LogP) is -0.195. The molecule has 2 aromatic rings. The zero-order chi connectivity index (χ0) is 11.5. The van der Waals surface area contributed by atoms with Gasteiger partial charge in [-0.3, -0.25) is 0 Å². The average Bonchev–Trinajstić information content (AvgIpc) is 2.78. The first-order chi connectivity index (χ1) is 7.72. The van der Waals surface area contributed by atoms with Crippen molar-refractivity contribution in [2.24, 2.45) is 10.9 Å². The average molecular weight is 240 g/mol. The van der Waals surface area contributed by atoms with E-state index in [1.54, 1.807) is 0 Å². The Morgan fingerprint density at radius 1 is 1.50 bits per heavy atom. The van der Waals surface area contributed by atoms with Crippen molar-refractivity contribution in [3.63, 3.8) is 0 Å². The van der Waals surface area contributed by atoms with Crippen LogP contribution in [-0.4, -0.2) is 35.8 Å². The highest BCUT2D eigenvalue weighted by atomic mass is 35.5. The molecule has 0 amide bonds. The zero-order valence-corrected chi connectivity index (χ0v) is 8.57. The minimum absolute atomic E-state index is 0.0807. The summed E-state index contributed by atoms with van der Waals surface area (Å²) in [7, 11) is 0. The van der Waals surface area contributed by atoms with Crippen molar-refractivity contribution in [3.05, 3.63) is 29.7 Å². The molecule has 0 spiro atoms. The van der Waals surface area contributed by atoms with Crippen molar-refractivity contribution in [3.8, 4) is 5.82 Å². The van der Waals surface area contributed by atoms with Crippen LogP contribution in [0.3, 0.4) is 0 Å². The van der Waals surface area contributed by atoms with Crippen LogP contribution < -0.4 is 5.73 Å². The second kappa shape index (κ2) is 4.11. The largest absolute Gasteiger partial charge is 0.409 e. The molecule has 0 fully saturated rings. The highest BCUT2D eigenvalue weighted by molar-refractivity contribution is 6.32. The minimum Gasteiger partial charge on any atom is -0.409 e. The quantitative estimate of drug-likeness (QED) is 0.325. The van der Waals surface area contributed by atoms with Gasteiger partial charge in [0.1, 0.15) is 17.7 Å². The summed E-state index contributed by atoms with van der Waals surface area (Å²) in [5.41, 5.74) is 5.32. The Labute approximate surface area is 94.4 Å². The van der Waals surface area contributed by atoms with Crippen LogP contribution in [0.15, 0.2) is 24.0 Å². The van der Waals surface area contributed by atoms with Gasteiger partial charge < -0.3 is 10.9 Å². The monoisotopic (exact) mass is 239 g/mol. The first-order valence-electron chi connectivity index (χ1n) is 4.08. The van der Waals surface area contributed by atoms with Crippen LogP contribution in [0.2, 0.25) is 5.02 Å². The molecule has 0 atom stereocenters. The summed E-state index contributed by atoms with van der Waals surface area (Å²) in [4.78, 5) is 11.5. The normalized spacial score (nSPS) is 11.7. The molecule has 0 aliphatic carbocycles. The van der Waals surface area contributed by atoms with E-state index in [4.69, 9.17) is 22.5 Å². The number of hydrogen-bond donors (Lipinski definition) is 2. The first kappa shape index (κ1) is 10.3. The number of amidine groups is 1. The fourth-order valence-corrected chi connectivity index (χ4v) is 1.19. The lowest BCUT2D eigenvalue weighted by molar-refractivity contribution is 0.318. The number of aromatic nitrogens is 5. The van der Waals surface area contributed by atoms with Gasteiger partial charge in [-0.15, -0.1) is 5.10 Å². The Morgan fingerprint density at radius 2 is 2.31 bits per heavy atom. The Balaban J connectivity index is 2.43. The molecule has 8 nitrogen and oxygen atoms in total. The lowest BCUT2D eigenvalue weighted by Gasteiger charge is -1.99. The van der Waals surface area contributed by atoms with E-state index in [2.05, 4.69) is 25.2 Å². The molecule has 9 heteroatoms. The van der Waals surface area contributed by atoms with Gasteiger partial charge in [-0.05, 0) is 0 Å². The third kappa shape index (κ3) is 1.77. The molecule has 16 heavy (non-hydrogen) atoms. The maximum atomic E-state index is 8.44. The molecule has 2 aromatic heterocycles. The van der Waals surface area contributed by atoms with Crippen LogP contribution in [0, 0.1) is 0 Å². The van der Waals surface area contributed by atoms with E-state index in [1.807, 2.05) is 0 Å². The summed E-state index contributed by atoms with van der Waals surface area (Å²) in [5.74, 6) is 0.252. The number of nitrogens with two attached hydrogens (primary N) is 1. The van der Waals surface area contributed by atoms with Gasteiger partial charge in [0.05, 0.1) is 6.20 Å². The van der Waals surface area contributed by atoms with Crippen molar-refractivity contribution in [2.45, 2.75) is 0 Å². The Kier molecular flexibility index (Phi) is 2.64. The van der Waals surface area contributed by atoms with Crippen molar-refractivity contribution in [2.75, 3.05) is 0 Å². The third-order valence-corrected chi connectivity index (χ3v) is 1.96. The van der Waals surface area contributed by atoms with Crippen molar-refractivity contribution >= 4 is 17.4 Å². The number of nitrogens with zero attached hydrogens (tertiary/aromatic N) is 6. The zero-order valence-electron chi connectivity index (χ0n) is 7.82. The standard InChI is InChI=1S/C7H6ClN7O/c8-4-1-10-2-11-7(4)15-3-12-6(13-15)5(9)14-16/h1-3,16H,(H2,9,14). The van der Waals surface area contributed by atoms with Crippen LogP contribution in [-0.2, 0) is 0 Å². The second-order valence-corrected chi connectivity index (χ2v) is 3.10. The predicted molar refractivity (Wildman–Crippen MR) is 54.5 cm³/mol. The Bertz CT molecular complexity index is 537. The molecule has 0 saturated heterocycles. The Morgan fingerprint density at radius 3 is 3.00 bits per heavy atom. The molecule has 0 aliphatic heterocycles. The van der Waals surface area contributed by atoms with Crippen molar-refractivity contribution in [1.82, 2.24) is 24.7 Å². The fourth-order valence-electron chi connectivity index (χ4n) is 1.00. The van der Waals surface area contributed by atoms with Gasteiger partial charge in [0.2, 0.25) is 11.7 Å². The second-order valence-electron chi connectivity index (χ2n) is 2.69. The molecule has 2 heterocycles. The van der Waals surface area contributed by atoms with Gasteiger partial charge in [0.15, 0.2) is 5.82 Å². The summed E-state index contributed by atoms with van der Waals surface area (Å²) >= 11 is 5.86. The highest BCUT2D eigenvalue weighted by Crippen LogP contribution is 2.14. The van der Waals surface area contributed by atoms with Crippen molar-refractivity contribution in [1.29, 1.82) is 0 Å². The lowest BCUT2D eigenvalue weighted by Crippen LogP contribution is -2.15. The molecular weight excluding hydrogens is 234 g/mol. The topological polar surface area (TPSA) is 115 Å². The van der Waals surface area contributed by atoms with E-state index in [0.29, 0.717) is 10.8 Å². The lowest BCUT2D eigenvalue weighted by atomic mass is 10.6. The van der Waals surface area contributed by atoms with Crippen LogP contribution >= 0.6 is 11.6 Å². The SMILES string of the molecule is NC(=NO)c1ncn(-c2ncncc2Cl)n1. The summed E-state index contributed by atoms with van der Waals surface area (Å²) in [6, 6.07) is 0. The van der Waals surface area contributed by atoms with Gasteiger partial charge in [0.25, 0.3) is 0 Å².